The first-order valence-electron chi connectivity index (χ1n) is 5.30. The summed E-state index contributed by atoms with van der Waals surface area (Å²) in [6, 6.07) is 8.28. The van der Waals surface area contributed by atoms with E-state index in [1.807, 2.05) is 24.3 Å². The van der Waals surface area contributed by atoms with Gasteiger partial charge >= 0.3 is 0 Å². The van der Waals surface area contributed by atoms with Crippen molar-refractivity contribution < 1.29 is 0 Å². The number of hydrogen-bond donors (Lipinski definition) is 2. The molecule has 0 saturated heterocycles. The highest BCUT2D eigenvalue weighted by molar-refractivity contribution is 7.80. The highest BCUT2D eigenvalue weighted by Crippen LogP contribution is 2.10. The molecule has 3 N–H and O–H groups in total. The van der Waals surface area contributed by atoms with Gasteiger partial charge in [-0.1, -0.05) is 12.2 Å². The van der Waals surface area contributed by atoms with Gasteiger partial charge in [0.15, 0.2) is 0 Å². The van der Waals surface area contributed by atoms with E-state index in [4.69, 9.17) is 18.0 Å². The van der Waals surface area contributed by atoms with Gasteiger partial charge in [0.05, 0.1) is 0 Å². The molecule has 0 bridgehead atoms. The van der Waals surface area contributed by atoms with Crippen molar-refractivity contribution in [3.63, 3.8) is 0 Å². The molecule has 0 saturated carbocycles. The first kappa shape index (κ1) is 12.9. The Morgan fingerprint density at radius 3 is 2.38 bits per heavy atom. The number of likely N-dealkylation sites (N-methyl/N-ethyl adjacent to an activating group) is 1. The molecule has 1 unspecified atom stereocenters. The first-order valence-corrected chi connectivity index (χ1v) is 5.71. The van der Waals surface area contributed by atoms with Crippen LogP contribution in [0, 0.1) is 0 Å². The maximum absolute atomic E-state index is 5.54. The molecule has 0 heterocycles. The Kier molecular flexibility index (Phi) is 4.71. The summed E-state index contributed by atoms with van der Waals surface area (Å²) in [5.74, 6) is 0. The van der Waals surface area contributed by atoms with E-state index >= 15 is 0 Å². The van der Waals surface area contributed by atoms with Crippen LogP contribution >= 0.6 is 12.2 Å². The molecule has 1 rings (SSSR count). The fraction of sp³-hybridized carbons (Fsp3) is 0.417. The molecule has 0 aliphatic rings. The van der Waals surface area contributed by atoms with Gasteiger partial charge in [-0.25, -0.2) is 0 Å². The van der Waals surface area contributed by atoms with Crippen molar-refractivity contribution in [1.82, 2.24) is 4.90 Å². The summed E-state index contributed by atoms with van der Waals surface area (Å²) in [6.07, 6.45) is 0. The van der Waals surface area contributed by atoms with Crippen molar-refractivity contribution in [2.45, 2.75) is 13.0 Å². The molecule has 0 amide bonds. The molecule has 0 aromatic heterocycles. The number of benzene rings is 1. The van der Waals surface area contributed by atoms with Crippen LogP contribution in [0.2, 0.25) is 0 Å². The summed E-state index contributed by atoms with van der Waals surface area (Å²) >= 11 is 4.90. The lowest BCUT2D eigenvalue weighted by Gasteiger charge is -2.19. The quantitative estimate of drug-likeness (QED) is 0.765. The molecule has 0 aliphatic heterocycles. The minimum atomic E-state index is 0.408. The maximum Gasteiger partial charge on any atom is 0.103 e. The molecule has 88 valence electrons. The molecule has 0 spiro atoms. The summed E-state index contributed by atoms with van der Waals surface area (Å²) in [4.78, 5) is 2.59. The van der Waals surface area contributed by atoms with Crippen molar-refractivity contribution in [2.75, 3.05) is 26.0 Å². The lowest BCUT2D eigenvalue weighted by Crippen LogP contribution is -2.29. The maximum atomic E-state index is 5.54. The minimum absolute atomic E-state index is 0.408. The van der Waals surface area contributed by atoms with Crippen LogP contribution in [0.5, 0.6) is 0 Å². The average molecular weight is 237 g/mol. The monoisotopic (exact) mass is 237 g/mol. The number of hydrogen-bond acceptors (Lipinski definition) is 3. The molecule has 0 radical (unpaired) electrons. The average Bonchev–Trinajstić information content (AvgIpc) is 2.16. The molecule has 0 fully saturated rings. The predicted octanol–water partition coefficient (Wildman–Crippen LogP) is 1.68. The smallest absolute Gasteiger partial charge is 0.103 e. The van der Waals surface area contributed by atoms with E-state index in [-0.39, 0.29) is 0 Å². The van der Waals surface area contributed by atoms with Crippen molar-refractivity contribution in [3.8, 4) is 0 Å². The molecule has 4 heteroatoms. The Bertz CT molecular complexity index is 346. The second-order valence-corrected chi connectivity index (χ2v) is 4.69. The van der Waals surface area contributed by atoms with Gasteiger partial charge in [0.1, 0.15) is 4.99 Å². The van der Waals surface area contributed by atoms with Gasteiger partial charge in [-0.2, -0.15) is 0 Å². The Morgan fingerprint density at radius 1 is 1.38 bits per heavy atom. The van der Waals surface area contributed by atoms with Gasteiger partial charge in [0.2, 0.25) is 0 Å². The largest absolute Gasteiger partial charge is 0.389 e. The Balaban J connectivity index is 2.58. The fourth-order valence-electron chi connectivity index (χ4n) is 1.61. The molecule has 1 atom stereocenters. The zero-order valence-corrected chi connectivity index (χ0v) is 10.8. The van der Waals surface area contributed by atoms with Crippen LogP contribution in [0.3, 0.4) is 0 Å². The third-order valence-electron chi connectivity index (χ3n) is 2.22. The lowest BCUT2D eigenvalue weighted by atomic mass is 10.2. The number of nitrogens with two attached hydrogens (primary N) is 1. The van der Waals surface area contributed by atoms with Crippen molar-refractivity contribution in [3.05, 3.63) is 29.8 Å². The molecule has 0 aliphatic carbocycles. The Morgan fingerprint density at radius 2 is 1.94 bits per heavy atom. The normalized spacial score (nSPS) is 12.5. The zero-order valence-electron chi connectivity index (χ0n) is 10.0. The first-order chi connectivity index (χ1) is 7.49. The lowest BCUT2D eigenvalue weighted by molar-refractivity contribution is 0.392. The van der Waals surface area contributed by atoms with Crippen molar-refractivity contribution in [1.29, 1.82) is 0 Å². The van der Waals surface area contributed by atoms with Gasteiger partial charge in [0, 0.05) is 23.8 Å². The SMILES string of the molecule is CC(CN(C)C)Nc1ccc(C(N)=S)cc1. The second-order valence-electron chi connectivity index (χ2n) is 4.25. The summed E-state index contributed by atoms with van der Waals surface area (Å²) < 4.78 is 0. The highest BCUT2D eigenvalue weighted by atomic mass is 32.1. The van der Waals surface area contributed by atoms with Gasteiger partial charge in [-0.3, -0.25) is 0 Å². The van der Waals surface area contributed by atoms with Crippen molar-refractivity contribution in [2.24, 2.45) is 5.73 Å². The molecular weight excluding hydrogens is 218 g/mol. The second kappa shape index (κ2) is 5.82. The molecule has 1 aromatic carbocycles. The molecule has 1 aromatic rings. The van der Waals surface area contributed by atoms with E-state index in [0.717, 1.165) is 17.8 Å². The van der Waals surface area contributed by atoms with Crippen LogP contribution in [0.15, 0.2) is 24.3 Å². The molecule has 16 heavy (non-hydrogen) atoms. The van der Waals surface area contributed by atoms with Crippen LogP contribution in [0.4, 0.5) is 5.69 Å². The van der Waals surface area contributed by atoms with E-state index in [9.17, 15) is 0 Å². The summed E-state index contributed by atoms with van der Waals surface area (Å²) in [5, 5.41) is 3.41. The van der Waals surface area contributed by atoms with E-state index in [1.165, 1.54) is 0 Å². The third-order valence-corrected chi connectivity index (χ3v) is 2.46. The van der Waals surface area contributed by atoms with Crippen molar-refractivity contribution >= 4 is 22.9 Å². The van der Waals surface area contributed by atoms with Gasteiger partial charge in [-0.05, 0) is 45.3 Å². The molecular formula is C12H19N3S. The van der Waals surface area contributed by atoms with Gasteiger partial charge in [0.25, 0.3) is 0 Å². The van der Waals surface area contributed by atoms with E-state index < -0.39 is 0 Å². The highest BCUT2D eigenvalue weighted by Gasteiger charge is 2.03. The Labute approximate surface area is 103 Å². The van der Waals surface area contributed by atoms with Crippen LogP contribution in [0.25, 0.3) is 0 Å². The minimum Gasteiger partial charge on any atom is -0.389 e. The predicted molar refractivity (Wildman–Crippen MR) is 74.0 cm³/mol. The van der Waals surface area contributed by atoms with E-state index in [1.54, 1.807) is 0 Å². The summed E-state index contributed by atoms with van der Waals surface area (Å²) in [6.45, 7) is 3.15. The van der Waals surface area contributed by atoms with Crippen LogP contribution in [-0.2, 0) is 0 Å². The summed E-state index contributed by atoms with van der Waals surface area (Å²) in [7, 11) is 4.13. The number of anilines is 1. The number of nitrogens with zero attached hydrogens (tertiary/aromatic N) is 1. The third kappa shape index (κ3) is 4.16. The van der Waals surface area contributed by atoms with E-state index in [0.29, 0.717) is 11.0 Å². The van der Waals surface area contributed by atoms with Crippen LogP contribution < -0.4 is 11.1 Å². The van der Waals surface area contributed by atoms with Crippen LogP contribution in [-0.4, -0.2) is 36.6 Å². The topological polar surface area (TPSA) is 41.3 Å². The number of thiocarbonyl (C=S) groups is 1. The van der Waals surface area contributed by atoms with Gasteiger partial charge in [-0.15, -0.1) is 0 Å². The standard InChI is InChI=1S/C12H19N3S/c1-9(8-15(2)3)14-11-6-4-10(5-7-11)12(13)16/h4-7,9,14H,8H2,1-3H3,(H2,13,16). The van der Waals surface area contributed by atoms with Gasteiger partial charge < -0.3 is 16.0 Å². The summed E-state index contributed by atoms with van der Waals surface area (Å²) in [5.41, 5.74) is 7.53. The fourth-order valence-corrected chi connectivity index (χ4v) is 1.74. The Hall–Kier alpha value is -1.13. The zero-order chi connectivity index (χ0) is 12.1. The number of rotatable bonds is 5. The van der Waals surface area contributed by atoms with E-state index in [2.05, 4.69) is 31.2 Å². The molecule has 3 nitrogen and oxygen atoms in total. The van der Waals surface area contributed by atoms with Crippen LogP contribution in [0.1, 0.15) is 12.5 Å². The number of nitrogens with one attached hydrogen (secondary N) is 1.